The zero-order chi connectivity index (χ0) is 5.82. The van der Waals surface area contributed by atoms with Gasteiger partial charge in [0, 0.05) is 0 Å². The van der Waals surface area contributed by atoms with Crippen molar-refractivity contribution < 1.29 is 0 Å². The minimum absolute atomic E-state index is 0. The minimum Gasteiger partial charge on any atom is -0.197 e. The minimum atomic E-state index is 0. The predicted molar refractivity (Wildman–Crippen MR) is 52.6 cm³/mol. The largest absolute Gasteiger partial charge is 0.197 e. The maximum absolute atomic E-state index is 8.29. The fourth-order valence-electron chi connectivity index (χ4n) is 0.513. The van der Waals surface area contributed by atoms with Crippen LogP contribution in [0.15, 0.2) is 30.3 Å². The van der Waals surface area contributed by atoms with E-state index in [2.05, 4.69) is 0 Å². The molecule has 0 amide bonds. The van der Waals surface area contributed by atoms with Crippen LogP contribution < -0.4 is 0 Å². The topological polar surface area (TPSA) is 23.8 Å². The zero-order valence-electron chi connectivity index (χ0n) is 5.54. The second kappa shape index (κ2) is 6.61. The van der Waals surface area contributed by atoms with Gasteiger partial charge < -0.3 is 0 Å². The molecule has 0 N–H and O–H groups in total. The van der Waals surface area contributed by atoms with Crippen molar-refractivity contribution in [1.29, 1.82) is 5.26 Å². The highest BCUT2D eigenvalue weighted by atomic mass is 32.1. The molecule has 0 spiro atoms. The number of benzene rings is 1. The first kappa shape index (κ1) is 12.2. The summed E-state index contributed by atoms with van der Waals surface area (Å²) < 4.78 is 0. The molecule has 1 atom stereocenters. The van der Waals surface area contributed by atoms with Crippen molar-refractivity contribution in [3.05, 3.63) is 35.9 Å². The summed E-state index contributed by atoms with van der Waals surface area (Å²) >= 11 is 0. The van der Waals surface area contributed by atoms with E-state index in [1.807, 2.05) is 24.3 Å². The summed E-state index contributed by atoms with van der Waals surface area (Å²) in [4.78, 5) is 0. The Morgan fingerprint density at radius 1 is 1.10 bits per heavy atom. The Labute approximate surface area is 71.1 Å². The number of nitrogens with zero attached hydrogens (tertiary/aromatic N) is 1. The Balaban J connectivity index is 0. The van der Waals surface area contributed by atoms with Crippen molar-refractivity contribution in [3.63, 3.8) is 0 Å². The molecule has 0 aliphatic heterocycles. The third kappa shape index (κ3) is 3.50. The van der Waals surface area contributed by atoms with Gasteiger partial charge in [0.1, 0.15) is 0 Å². The molecule has 0 radical (unpaired) electrons. The van der Waals surface area contributed by atoms with Gasteiger partial charge in [-0.1, -0.05) is 18.2 Å². The SMILES string of the molecule is N#Cc1ccccc1.P.S. The Kier molecular flexibility index (Phi) is 8.06. The van der Waals surface area contributed by atoms with E-state index in [1.165, 1.54) is 0 Å². The quantitative estimate of drug-likeness (QED) is 0.545. The summed E-state index contributed by atoms with van der Waals surface area (Å²) in [5.74, 6) is 0. The Bertz CT molecular complexity index is 205. The lowest BCUT2D eigenvalue weighted by molar-refractivity contribution is 1.49. The molecule has 1 aromatic carbocycles. The van der Waals surface area contributed by atoms with E-state index in [0.29, 0.717) is 5.56 Å². The van der Waals surface area contributed by atoms with Crippen LogP contribution in [0.5, 0.6) is 0 Å². The average molecular weight is 171 g/mol. The van der Waals surface area contributed by atoms with Crippen LogP contribution in [0.4, 0.5) is 0 Å². The zero-order valence-corrected chi connectivity index (χ0v) is 7.96. The molecule has 0 bridgehead atoms. The summed E-state index contributed by atoms with van der Waals surface area (Å²) in [5, 5.41) is 8.29. The smallest absolute Gasteiger partial charge is 0.0991 e. The molecule has 0 fully saturated rings. The second-order valence-corrected chi connectivity index (χ2v) is 1.48. The van der Waals surface area contributed by atoms with E-state index >= 15 is 0 Å². The molecule has 0 saturated carbocycles. The third-order valence-electron chi connectivity index (χ3n) is 0.903. The molecule has 0 saturated heterocycles. The summed E-state index contributed by atoms with van der Waals surface area (Å²) in [6, 6.07) is 11.2. The predicted octanol–water partition coefficient (Wildman–Crippen LogP) is 1.73. The van der Waals surface area contributed by atoms with Gasteiger partial charge in [-0.15, -0.1) is 0 Å². The standard InChI is InChI=1S/C7H5N.H3P.H2S/c8-6-7-4-2-1-3-5-7;;/h1-5H;1H3;1H2. The summed E-state index contributed by atoms with van der Waals surface area (Å²) in [6.45, 7) is 0. The lowest BCUT2D eigenvalue weighted by atomic mass is 10.2. The normalized spacial score (nSPS) is 6.30. The molecule has 0 aromatic heterocycles. The van der Waals surface area contributed by atoms with Crippen LogP contribution in [0.2, 0.25) is 0 Å². The Morgan fingerprint density at radius 2 is 1.60 bits per heavy atom. The monoisotopic (exact) mass is 171 g/mol. The number of hydrogen-bond acceptors (Lipinski definition) is 1. The molecule has 54 valence electrons. The molecule has 10 heavy (non-hydrogen) atoms. The first-order chi connectivity index (χ1) is 3.93. The Morgan fingerprint density at radius 3 is 1.90 bits per heavy atom. The van der Waals surface area contributed by atoms with Crippen molar-refractivity contribution >= 4 is 23.4 Å². The lowest BCUT2D eigenvalue weighted by Crippen LogP contribution is -1.66. The van der Waals surface area contributed by atoms with Gasteiger partial charge in [-0.05, 0) is 12.1 Å². The number of rotatable bonds is 0. The van der Waals surface area contributed by atoms with Crippen LogP contribution in [0.3, 0.4) is 0 Å². The fraction of sp³-hybridized carbons (Fsp3) is 0. The highest BCUT2D eigenvalue weighted by molar-refractivity contribution is 7.59. The molecule has 1 unspecified atom stereocenters. The molecule has 1 rings (SSSR count). The van der Waals surface area contributed by atoms with Gasteiger partial charge in [0.25, 0.3) is 0 Å². The van der Waals surface area contributed by atoms with E-state index in [4.69, 9.17) is 5.26 Å². The number of nitriles is 1. The maximum atomic E-state index is 8.29. The van der Waals surface area contributed by atoms with Crippen molar-refractivity contribution in [3.8, 4) is 6.07 Å². The molecule has 3 heteroatoms. The van der Waals surface area contributed by atoms with Crippen LogP contribution in [-0.2, 0) is 0 Å². The molecule has 1 aromatic rings. The van der Waals surface area contributed by atoms with Gasteiger partial charge >= 0.3 is 0 Å². The molecular formula is C7H10NPS. The van der Waals surface area contributed by atoms with E-state index in [0.717, 1.165) is 0 Å². The van der Waals surface area contributed by atoms with Crippen molar-refractivity contribution in [2.45, 2.75) is 0 Å². The van der Waals surface area contributed by atoms with E-state index < -0.39 is 0 Å². The van der Waals surface area contributed by atoms with Gasteiger partial charge in [0.15, 0.2) is 0 Å². The van der Waals surface area contributed by atoms with Gasteiger partial charge in [0.05, 0.1) is 11.6 Å². The van der Waals surface area contributed by atoms with Gasteiger partial charge in [-0.2, -0.15) is 28.7 Å². The summed E-state index contributed by atoms with van der Waals surface area (Å²) in [6.07, 6.45) is 0. The van der Waals surface area contributed by atoms with E-state index in [9.17, 15) is 0 Å². The van der Waals surface area contributed by atoms with Crippen LogP contribution in [0.1, 0.15) is 5.56 Å². The molecule has 0 aliphatic rings. The molecule has 0 aliphatic carbocycles. The molecule has 1 nitrogen and oxygen atoms in total. The third-order valence-corrected chi connectivity index (χ3v) is 0.903. The van der Waals surface area contributed by atoms with Crippen LogP contribution in [0, 0.1) is 11.3 Å². The van der Waals surface area contributed by atoms with Crippen LogP contribution in [0.25, 0.3) is 0 Å². The Hall–Kier alpha value is -0.510. The van der Waals surface area contributed by atoms with Crippen molar-refractivity contribution in [2.24, 2.45) is 0 Å². The second-order valence-electron chi connectivity index (χ2n) is 1.48. The van der Waals surface area contributed by atoms with Crippen molar-refractivity contribution in [1.82, 2.24) is 0 Å². The van der Waals surface area contributed by atoms with Crippen LogP contribution >= 0.6 is 23.4 Å². The molecular weight excluding hydrogens is 161 g/mol. The van der Waals surface area contributed by atoms with Gasteiger partial charge in [-0.3, -0.25) is 0 Å². The average Bonchev–Trinajstić information content (AvgIpc) is 1.90. The van der Waals surface area contributed by atoms with Gasteiger partial charge in [-0.25, -0.2) is 0 Å². The van der Waals surface area contributed by atoms with E-state index in [1.54, 1.807) is 12.1 Å². The first-order valence-corrected chi connectivity index (χ1v) is 2.38. The van der Waals surface area contributed by atoms with Gasteiger partial charge in [0.2, 0.25) is 0 Å². The summed E-state index contributed by atoms with van der Waals surface area (Å²) in [5.41, 5.74) is 0.715. The highest BCUT2D eigenvalue weighted by Gasteiger charge is 1.79. The van der Waals surface area contributed by atoms with E-state index in [-0.39, 0.29) is 23.4 Å². The molecule has 0 heterocycles. The highest BCUT2D eigenvalue weighted by Crippen LogP contribution is 1.92. The summed E-state index contributed by atoms with van der Waals surface area (Å²) in [7, 11) is 0. The maximum Gasteiger partial charge on any atom is 0.0991 e. The number of hydrogen-bond donors (Lipinski definition) is 0. The fourth-order valence-corrected chi connectivity index (χ4v) is 0.513. The first-order valence-electron chi connectivity index (χ1n) is 2.38. The lowest BCUT2D eigenvalue weighted by Gasteiger charge is -1.80. The van der Waals surface area contributed by atoms with Crippen molar-refractivity contribution in [2.75, 3.05) is 0 Å². The van der Waals surface area contributed by atoms with Crippen LogP contribution in [-0.4, -0.2) is 0 Å².